The minimum absolute atomic E-state index is 0.0458. The van der Waals surface area contributed by atoms with Crippen LogP contribution in [0.2, 0.25) is 0 Å². The smallest absolute Gasteiger partial charge is 0.264 e. The Morgan fingerprint density at radius 1 is 0.970 bits per heavy atom. The van der Waals surface area contributed by atoms with Crippen molar-refractivity contribution < 1.29 is 17.9 Å². The number of amides is 1. The van der Waals surface area contributed by atoms with Crippen molar-refractivity contribution in [2.24, 2.45) is 0 Å². The summed E-state index contributed by atoms with van der Waals surface area (Å²) in [7, 11) is -3.94. The Hall–Kier alpha value is -3.32. The zero-order chi connectivity index (χ0) is 24.0. The minimum atomic E-state index is -3.94. The van der Waals surface area contributed by atoms with Gasteiger partial charge in [-0.1, -0.05) is 48.0 Å². The van der Waals surface area contributed by atoms with E-state index in [0.717, 1.165) is 22.4 Å². The van der Waals surface area contributed by atoms with Crippen LogP contribution in [0.4, 0.5) is 5.69 Å². The Morgan fingerprint density at radius 2 is 1.67 bits per heavy atom. The summed E-state index contributed by atoms with van der Waals surface area (Å²) in [5, 5.41) is 2.83. The molecule has 0 saturated heterocycles. The van der Waals surface area contributed by atoms with E-state index in [4.69, 9.17) is 4.74 Å². The van der Waals surface area contributed by atoms with Crippen LogP contribution in [-0.2, 0) is 21.4 Å². The van der Waals surface area contributed by atoms with Gasteiger partial charge in [0.25, 0.3) is 10.0 Å². The molecule has 1 amide bonds. The number of hydrogen-bond donors (Lipinski definition) is 1. The molecule has 0 bridgehead atoms. The highest BCUT2D eigenvalue weighted by atomic mass is 32.2. The van der Waals surface area contributed by atoms with E-state index < -0.39 is 15.9 Å². The van der Waals surface area contributed by atoms with Crippen molar-refractivity contribution in [3.63, 3.8) is 0 Å². The summed E-state index contributed by atoms with van der Waals surface area (Å²) in [5.41, 5.74) is 3.06. The van der Waals surface area contributed by atoms with Gasteiger partial charge in [0.15, 0.2) is 0 Å². The van der Waals surface area contributed by atoms with Crippen molar-refractivity contribution in [3.05, 3.63) is 89.5 Å². The topological polar surface area (TPSA) is 75.7 Å². The molecule has 0 radical (unpaired) electrons. The van der Waals surface area contributed by atoms with Crippen molar-refractivity contribution >= 4 is 21.6 Å². The number of hydrogen-bond acceptors (Lipinski definition) is 4. The van der Waals surface area contributed by atoms with Crippen molar-refractivity contribution in [1.29, 1.82) is 0 Å². The predicted molar refractivity (Wildman–Crippen MR) is 131 cm³/mol. The summed E-state index contributed by atoms with van der Waals surface area (Å²) in [5.74, 6) is 0.323. The Morgan fingerprint density at radius 3 is 2.33 bits per heavy atom. The number of ether oxygens (including phenoxy) is 1. The number of nitrogens with one attached hydrogen (secondary N) is 1. The van der Waals surface area contributed by atoms with Gasteiger partial charge in [0.05, 0.1) is 16.7 Å². The summed E-state index contributed by atoms with van der Waals surface area (Å²) in [6.45, 7) is 7.55. The second-order valence-electron chi connectivity index (χ2n) is 8.20. The Balaban J connectivity index is 1.81. The number of anilines is 1. The maximum atomic E-state index is 13.5. The standard InChI is InChI=1S/C26H30N2O4S/c1-19(2)32-23-10-7-9-22(16-23)17-27-26(29)18-28(25-11-6-5-8-21(25)4)33(30,31)24-14-12-20(3)13-15-24/h5-16,19H,17-18H2,1-4H3,(H,27,29). The first kappa shape index (κ1) is 24.3. The van der Waals surface area contributed by atoms with Gasteiger partial charge in [-0.05, 0) is 69.2 Å². The first-order valence-corrected chi connectivity index (χ1v) is 12.3. The second-order valence-corrected chi connectivity index (χ2v) is 10.1. The molecule has 0 heterocycles. The molecule has 0 aromatic heterocycles. The summed E-state index contributed by atoms with van der Waals surface area (Å²) in [4.78, 5) is 13.0. The minimum Gasteiger partial charge on any atom is -0.491 e. The Kier molecular flexibility index (Phi) is 7.76. The quantitative estimate of drug-likeness (QED) is 0.500. The number of carbonyl (C=O) groups is 1. The third-order valence-electron chi connectivity index (χ3n) is 5.04. The first-order chi connectivity index (χ1) is 15.7. The molecule has 0 aliphatic carbocycles. The number of para-hydroxylation sites is 1. The summed E-state index contributed by atoms with van der Waals surface area (Å²) < 4.78 is 33.8. The van der Waals surface area contributed by atoms with E-state index in [1.54, 1.807) is 36.4 Å². The number of benzene rings is 3. The van der Waals surface area contributed by atoms with Crippen LogP contribution in [0.25, 0.3) is 0 Å². The highest BCUT2D eigenvalue weighted by molar-refractivity contribution is 7.92. The lowest BCUT2D eigenvalue weighted by Gasteiger charge is -2.25. The molecule has 3 aromatic rings. The number of rotatable bonds is 9. The number of aryl methyl sites for hydroxylation is 2. The first-order valence-electron chi connectivity index (χ1n) is 10.8. The number of nitrogens with zero attached hydrogens (tertiary/aromatic N) is 1. The molecular formula is C26H30N2O4S. The highest BCUT2D eigenvalue weighted by Gasteiger charge is 2.28. The highest BCUT2D eigenvalue weighted by Crippen LogP contribution is 2.26. The molecule has 7 heteroatoms. The molecule has 0 unspecified atom stereocenters. The fourth-order valence-corrected chi connectivity index (χ4v) is 4.85. The summed E-state index contributed by atoms with van der Waals surface area (Å²) >= 11 is 0. The fraction of sp³-hybridized carbons (Fsp3) is 0.269. The largest absolute Gasteiger partial charge is 0.491 e. The van der Waals surface area contributed by atoms with Gasteiger partial charge in [-0.2, -0.15) is 0 Å². The van der Waals surface area contributed by atoms with Gasteiger partial charge >= 0.3 is 0 Å². The molecule has 0 saturated carbocycles. The van der Waals surface area contributed by atoms with Crippen LogP contribution < -0.4 is 14.4 Å². The average molecular weight is 467 g/mol. The van der Waals surface area contributed by atoms with Gasteiger partial charge in [0.1, 0.15) is 12.3 Å². The van der Waals surface area contributed by atoms with E-state index in [-0.39, 0.29) is 24.1 Å². The predicted octanol–water partition coefficient (Wildman–Crippen LogP) is 4.60. The maximum absolute atomic E-state index is 13.5. The Labute approximate surface area is 196 Å². The van der Waals surface area contributed by atoms with Crippen molar-refractivity contribution in [3.8, 4) is 5.75 Å². The van der Waals surface area contributed by atoms with Crippen LogP contribution in [0.5, 0.6) is 5.75 Å². The molecule has 3 rings (SSSR count). The van der Waals surface area contributed by atoms with E-state index in [1.807, 2.05) is 64.1 Å². The zero-order valence-electron chi connectivity index (χ0n) is 19.4. The van der Waals surface area contributed by atoms with E-state index in [1.165, 1.54) is 4.31 Å². The van der Waals surface area contributed by atoms with Crippen LogP contribution >= 0.6 is 0 Å². The van der Waals surface area contributed by atoms with Gasteiger partial charge in [-0.3, -0.25) is 9.10 Å². The lowest BCUT2D eigenvalue weighted by Crippen LogP contribution is -2.41. The molecule has 174 valence electrons. The van der Waals surface area contributed by atoms with Crippen LogP contribution in [0, 0.1) is 13.8 Å². The van der Waals surface area contributed by atoms with E-state index in [0.29, 0.717) is 5.69 Å². The van der Waals surface area contributed by atoms with E-state index in [9.17, 15) is 13.2 Å². The average Bonchev–Trinajstić information content (AvgIpc) is 2.77. The van der Waals surface area contributed by atoms with Crippen molar-refractivity contribution in [1.82, 2.24) is 5.32 Å². The molecule has 0 aliphatic rings. The van der Waals surface area contributed by atoms with Gasteiger partial charge in [0, 0.05) is 6.54 Å². The number of carbonyl (C=O) groups excluding carboxylic acids is 1. The molecule has 3 aromatic carbocycles. The molecular weight excluding hydrogens is 436 g/mol. The van der Waals surface area contributed by atoms with Crippen LogP contribution in [-0.4, -0.2) is 27.0 Å². The fourth-order valence-electron chi connectivity index (χ4n) is 3.37. The van der Waals surface area contributed by atoms with Gasteiger partial charge in [-0.15, -0.1) is 0 Å². The van der Waals surface area contributed by atoms with Crippen LogP contribution in [0.3, 0.4) is 0 Å². The maximum Gasteiger partial charge on any atom is 0.264 e. The molecule has 0 aliphatic heterocycles. The third-order valence-corrected chi connectivity index (χ3v) is 6.81. The molecule has 33 heavy (non-hydrogen) atoms. The number of sulfonamides is 1. The van der Waals surface area contributed by atoms with Crippen molar-refractivity contribution in [2.45, 2.75) is 45.2 Å². The van der Waals surface area contributed by atoms with Gasteiger partial charge in [0.2, 0.25) is 5.91 Å². The van der Waals surface area contributed by atoms with Crippen LogP contribution in [0.1, 0.15) is 30.5 Å². The van der Waals surface area contributed by atoms with Gasteiger partial charge in [-0.25, -0.2) is 8.42 Å². The SMILES string of the molecule is Cc1ccc(S(=O)(=O)N(CC(=O)NCc2cccc(OC(C)C)c2)c2ccccc2C)cc1. The summed E-state index contributed by atoms with van der Waals surface area (Å²) in [6, 6.07) is 21.2. The van der Waals surface area contributed by atoms with Crippen molar-refractivity contribution in [2.75, 3.05) is 10.8 Å². The molecule has 0 spiro atoms. The monoisotopic (exact) mass is 466 g/mol. The summed E-state index contributed by atoms with van der Waals surface area (Å²) in [6.07, 6.45) is 0.0458. The van der Waals surface area contributed by atoms with E-state index in [2.05, 4.69) is 5.32 Å². The second kappa shape index (κ2) is 10.5. The zero-order valence-corrected chi connectivity index (χ0v) is 20.2. The third kappa shape index (κ3) is 6.35. The normalized spacial score (nSPS) is 11.3. The molecule has 1 N–H and O–H groups in total. The molecule has 0 atom stereocenters. The molecule has 6 nitrogen and oxygen atoms in total. The van der Waals surface area contributed by atoms with E-state index >= 15 is 0 Å². The molecule has 0 fully saturated rings. The lowest BCUT2D eigenvalue weighted by molar-refractivity contribution is -0.119. The van der Waals surface area contributed by atoms with Gasteiger partial charge < -0.3 is 10.1 Å². The Bertz CT molecular complexity index is 1200. The van der Waals surface area contributed by atoms with Crippen LogP contribution in [0.15, 0.2) is 77.7 Å². The lowest BCUT2D eigenvalue weighted by atomic mass is 10.2.